The first-order valence-corrected chi connectivity index (χ1v) is 10.1. The number of nitrogens with zero attached hydrogens (tertiary/aromatic N) is 1. The molecular formula is C21H23BrN2O5. The topological polar surface area (TPSA) is 77.1 Å². The standard InChI is InChI=1S/C21H23BrN2O5/c1-27-12-13-29-19-7-6-15(22)14-17(19)20(25)23-18-5-3-2-4-16(18)21(26)24-8-10-28-11-9-24/h2-7,14H,8-13H2,1H3,(H,23,25). The minimum Gasteiger partial charge on any atom is -0.490 e. The molecule has 154 valence electrons. The van der Waals surface area contributed by atoms with Crippen molar-refractivity contribution in [2.75, 3.05) is 51.9 Å². The van der Waals surface area contributed by atoms with Gasteiger partial charge in [0.2, 0.25) is 0 Å². The number of para-hydroxylation sites is 1. The van der Waals surface area contributed by atoms with Crippen LogP contribution in [0.1, 0.15) is 20.7 Å². The Morgan fingerprint density at radius 1 is 1.10 bits per heavy atom. The largest absolute Gasteiger partial charge is 0.490 e. The number of ether oxygens (including phenoxy) is 3. The molecular weight excluding hydrogens is 440 g/mol. The van der Waals surface area contributed by atoms with Crippen LogP contribution >= 0.6 is 15.9 Å². The lowest BCUT2D eigenvalue weighted by Crippen LogP contribution is -2.41. The molecule has 1 aliphatic rings. The van der Waals surface area contributed by atoms with Crippen LogP contribution in [0.2, 0.25) is 0 Å². The van der Waals surface area contributed by atoms with E-state index in [2.05, 4.69) is 21.2 Å². The number of morpholine rings is 1. The quantitative estimate of drug-likeness (QED) is 0.639. The summed E-state index contributed by atoms with van der Waals surface area (Å²) in [6, 6.07) is 12.2. The van der Waals surface area contributed by atoms with Gasteiger partial charge < -0.3 is 24.4 Å². The average Bonchev–Trinajstić information content (AvgIpc) is 2.75. The Morgan fingerprint density at radius 2 is 1.86 bits per heavy atom. The van der Waals surface area contributed by atoms with Crippen molar-refractivity contribution in [3.05, 3.63) is 58.1 Å². The summed E-state index contributed by atoms with van der Waals surface area (Å²) in [5.41, 5.74) is 1.26. The van der Waals surface area contributed by atoms with Crippen LogP contribution in [0.15, 0.2) is 46.9 Å². The molecule has 0 aromatic heterocycles. The minimum absolute atomic E-state index is 0.130. The average molecular weight is 463 g/mol. The highest BCUT2D eigenvalue weighted by atomic mass is 79.9. The molecule has 0 atom stereocenters. The predicted molar refractivity (Wildman–Crippen MR) is 113 cm³/mol. The molecule has 8 heteroatoms. The first-order valence-electron chi connectivity index (χ1n) is 9.29. The van der Waals surface area contributed by atoms with Crippen LogP contribution in [0, 0.1) is 0 Å². The maximum absolute atomic E-state index is 13.0. The van der Waals surface area contributed by atoms with Crippen molar-refractivity contribution in [2.45, 2.75) is 0 Å². The van der Waals surface area contributed by atoms with Crippen LogP contribution in [0.25, 0.3) is 0 Å². The number of hydrogen-bond acceptors (Lipinski definition) is 5. The van der Waals surface area contributed by atoms with Crippen molar-refractivity contribution in [3.8, 4) is 5.75 Å². The number of carbonyl (C=O) groups excluding carboxylic acids is 2. The SMILES string of the molecule is COCCOc1ccc(Br)cc1C(=O)Nc1ccccc1C(=O)N1CCOCC1. The maximum atomic E-state index is 13.0. The third-order valence-corrected chi connectivity index (χ3v) is 4.93. The molecule has 2 aromatic carbocycles. The van der Waals surface area contributed by atoms with Crippen molar-refractivity contribution in [1.82, 2.24) is 4.90 Å². The Morgan fingerprint density at radius 3 is 2.62 bits per heavy atom. The predicted octanol–water partition coefficient (Wildman–Crippen LogP) is 3.20. The summed E-state index contributed by atoms with van der Waals surface area (Å²) >= 11 is 3.39. The second kappa shape index (κ2) is 10.4. The third kappa shape index (κ3) is 5.56. The molecule has 29 heavy (non-hydrogen) atoms. The highest BCUT2D eigenvalue weighted by molar-refractivity contribution is 9.10. The van der Waals surface area contributed by atoms with E-state index in [1.807, 2.05) is 0 Å². The molecule has 1 saturated heterocycles. The van der Waals surface area contributed by atoms with E-state index < -0.39 is 0 Å². The van der Waals surface area contributed by atoms with Crippen molar-refractivity contribution in [1.29, 1.82) is 0 Å². The molecule has 3 rings (SSSR count). The van der Waals surface area contributed by atoms with Gasteiger partial charge >= 0.3 is 0 Å². The van der Waals surface area contributed by atoms with Gasteiger partial charge in [-0.1, -0.05) is 28.1 Å². The first-order chi connectivity index (χ1) is 14.1. The fourth-order valence-electron chi connectivity index (χ4n) is 2.95. The van der Waals surface area contributed by atoms with Gasteiger partial charge in [-0.05, 0) is 30.3 Å². The number of hydrogen-bond donors (Lipinski definition) is 1. The summed E-state index contributed by atoms with van der Waals surface area (Å²) in [6.45, 7) is 2.83. The fraction of sp³-hybridized carbons (Fsp3) is 0.333. The number of benzene rings is 2. The Kier molecular flexibility index (Phi) is 7.62. The van der Waals surface area contributed by atoms with Gasteiger partial charge in [0, 0.05) is 24.7 Å². The normalized spacial score (nSPS) is 13.8. The summed E-state index contributed by atoms with van der Waals surface area (Å²) in [5, 5.41) is 2.86. The number of anilines is 1. The molecule has 0 aliphatic carbocycles. The van der Waals surface area contributed by atoms with Crippen molar-refractivity contribution in [3.63, 3.8) is 0 Å². The van der Waals surface area contributed by atoms with Crippen LogP contribution in [0.5, 0.6) is 5.75 Å². The number of rotatable bonds is 7. The lowest BCUT2D eigenvalue weighted by Gasteiger charge is -2.27. The Balaban J connectivity index is 1.81. The second-order valence-electron chi connectivity index (χ2n) is 6.39. The van der Waals surface area contributed by atoms with Gasteiger partial charge in [0.05, 0.1) is 36.6 Å². The fourth-order valence-corrected chi connectivity index (χ4v) is 3.31. The summed E-state index contributed by atoms with van der Waals surface area (Å²) in [6.07, 6.45) is 0. The van der Waals surface area contributed by atoms with Crippen LogP contribution in [-0.4, -0.2) is 63.3 Å². The Bertz CT molecular complexity index is 868. The van der Waals surface area contributed by atoms with Gasteiger partial charge in [-0.2, -0.15) is 0 Å². The van der Waals surface area contributed by atoms with Gasteiger partial charge in [-0.3, -0.25) is 9.59 Å². The number of carbonyl (C=O) groups is 2. The summed E-state index contributed by atoms with van der Waals surface area (Å²) in [4.78, 5) is 27.6. The minimum atomic E-state index is -0.360. The number of methoxy groups -OCH3 is 1. The van der Waals surface area contributed by atoms with Gasteiger partial charge in [-0.25, -0.2) is 0 Å². The van der Waals surface area contributed by atoms with Crippen LogP contribution in [-0.2, 0) is 9.47 Å². The summed E-state index contributed by atoms with van der Waals surface area (Å²) in [5.74, 6) is -0.0457. The molecule has 1 aliphatic heterocycles. The van der Waals surface area contributed by atoms with E-state index in [4.69, 9.17) is 14.2 Å². The first kappa shape index (κ1) is 21.3. The number of halogens is 1. The Labute approximate surface area is 178 Å². The lowest BCUT2D eigenvalue weighted by molar-refractivity contribution is 0.0303. The van der Waals surface area contributed by atoms with E-state index in [0.717, 1.165) is 4.47 Å². The van der Waals surface area contributed by atoms with Crippen molar-refractivity contribution in [2.24, 2.45) is 0 Å². The second-order valence-corrected chi connectivity index (χ2v) is 7.30. The highest BCUT2D eigenvalue weighted by Crippen LogP contribution is 2.26. The zero-order valence-electron chi connectivity index (χ0n) is 16.2. The van der Waals surface area contributed by atoms with E-state index in [1.165, 1.54) is 0 Å². The molecule has 7 nitrogen and oxygen atoms in total. The molecule has 2 amide bonds. The summed E-state index contributed by atoms with van der Waals surface area (Å²) in [7, 11) is 1.58. The smallest absolute Gasteiger partial charge is 0.259 e. The zero-order chi connectivity index (χ0) is 20.6. The maximum Gasteiger partial charge on any atom is 0.259 e. The molecule has 1 heterocycles. The monoisotopic (exact) mass is 462 g/mol. The van der Waals surface area contributed by atoms with E-state index >= 15 is 0 Å². The molecule has 0 unspecified atom stereocenters. The van der Waals surface area contributed by atoms with Gasteiger partial charge in [0.1, 0.15) is 12.4 Å². The van der Waals surface area contributed by atoms with Gasteiger partial charge in [0.25, 0.3) is 11.8 Å². The van der Waals surface area contributed by atoms with Crippen LogP contribution < -0.4 is 10.1 Å². The molecule has 1 fully saturated rings. The van der Waals surface area contributed by atoms with E-state index in [0.29, 0.717) is 62.1 Å². The zero-order valence-corrected chi connectivity index (χ0v) is 17.7. The van der Waals surface area contributed by atoms with E-state index in [1.54, 1.807) is 54.5 Å². The molecule has 0 spiro atoms. The van der Waals surface area contributed by atoms with Crippen LogP contribution in [0.4, 0.5) is 5.69 Å². The molecule has 0 saturated carbocycles. The third-order valence-electron chi connectivity index (χ3n) is 4.44. The van der Waals surface area contributed by atoms with Gasteiger partial charge in [-0.15, -0.1) is 0 Å². The molecule has 1 N–H and O–H groups in total. The van der Waals surface area contributed by atoms with E-state index in [-0.39, 0.29) is 11.8 Å². The molecule has 0 radical (unpaired) electrons. The molecule has 0 bridgehead atoms. The van der Waals surface area contributed by atoms with Crippen molar-refractivity contribution < 1.29 is 23.8 Å². The van der Waals surface area contributed by atoms with Crippen molar-refractivity contribution >= 4 is 33.4 Å². The molecule has 2 aromatic rings. The lowest BCUT2D eigenvalue weighted by atomic mass is 10.1. The summed E-state index contributed by atoms with van der Waals surface area (Å²) < 4.78 is 16.7. The highest BCUT2D eigenvalue weighted by Gasteiger charge is 2.22. The Hall–Kier alpha value is -2.42. The van der Waals surface area contributed by atoms with E-state index in [9.17, 15) is 9.59 Å². The van der Waals surface area contributed by atoms with Crippen LogP contribution in [0.3, 0.4) is 0 Å². The number of amides is 2. The number of nitrogens with one attached hydrogen (secondary N) is 1. The van der Waals surface area contributed by atoms with Gasteiger partial charge in [0.15, 0.2) is 0 Å².